The van der Waals surface area contributed by atoms with E-state index >= 15 is 0 Å². The SMILES string of the molecule is C[C@@H]1CCCC[C@H]1NC(=O)CN1CCCN(c2ccccc2C#N)CC1. The maximum Gasteiger partial charge on any atom is 0.234 e. The maximum absolute atomic E-state index is 12.5. The Bertz CT molecular complexity index is 654. The van der Waals surface area contributed by atoms with Crippen LogP contribution in [0.3, 0.4) is 0 Å². The van der Waals surface area contributed by atoms with Crippen LogP contribution in [0.4, 0.5) is 5.69 Å². The van der Waals surface area contributed by atoms with E-state index in [0.717, 1.165) is 50.3 Å². The minimum atomic E-state index is 0.162. The van der Waals surface area contributed by atoms with Gasteiger partial charge in [0.05, 0.1) is 17.8 Å². The summed E-state index contributed by atoms with van der Waals surface area (Å²) in [6.45, 7) is 6.30. The molecule has 1 saturated carbocycles. The molecule has 5 nitrogen and oxygen atoms in total. The highest BCUT2D eigenvalue weighted by molar-refractivity contribution is 5.78. The molecule has 140 valence electrons. The molecular weight excluding hydrogens is 324 g/mol. The summed E-state index contributed by atoms with van der Waals surface area (Å²) in [5, 5.41) is 12.6. The van der Waals surface area contributed by atoms with Crippen LogP contribution in [-0.4, -0.2) is 49.6 Å². The van der Waals surface area contributed by atoms with Crippen LogP contribution in [0.15, 0.2) is 24.3 Å². The number of nitriles is 1. The zero-order valence-electron chi connectivity index (χ0n) is 15.8. The number of benzene rings is 1. The summed E-state index contributed by atoms with van der Waals surface area (Å²) in [4.78, 5) is 17.0. The first-order valence-electron chi connectivity index (χ1n) is 9.93. The molecule has 1 amide bonds. The molecule has 1 heterocycles. The van der Waals surface area contributed by atoms with Gasteiger partial charge in [0.2, 0.25) is 5.91 Å². The minimum Gasteiger partial charge on any atom is -0.369 e. The number of para-hydroxylation sites is 1. The molecule has 0 aromatic heterocycles. The Labute approximate surface area is 157 Å². The van der Waals surface area contributed by atoms with Gasteiger partial charge >= 0.3 is 0 Å². The van der Waals surface area contributed by atoms with Crippen molar-refractivity contribution in [2.75, 3.05) is 37.6 Å². The minimum absolute atomic E-state index is 0.162. The van der Waals surface area contributed by atoms with Gasteiger partial charge < -0.3 is 10.2 Å². The lowest BCUT2D eigenvalue weighted by molar-refractivity contribution is -0.123. The number of rotatable bonds is 4. The highest BCUT2D eigenvalue weighted by atomic mass is 16.2. The molecule has 26 heavy (non-hydrogen) atoms. The van der Waals surface area contributed by atoms with Crippen molar-refractivity contribution in [3.63, 3.8) is 0 Å². The maximum atomic E-state index is 12.5. The fraction of sp³-hybridized carbons (Fsp3) is 0.619. The lowest BCUT2D eigenvalue weighted by atomic mass is 9.86. The Hall–Kier alpha value is -2.06. The molecule has 1 aliphatic heterocycles. The van der Waals surface area contributed by atoms with E-state index in [0.29, 0.717) is 18.5 Å². The molecule has 2 atom stereocenters. The van der Waals surface area contributed by atoms with Gasteiger partial charge in [-0.3, -0.25) is 9.69 Å². The second-order valence-corrected chi connectivity index (χ2v) is 7.68. The van der Waals surface area contributed by atoms with E-state index in [1.165, 1.54) is 19.3 Å². The second-order valence-electron chi connectivity index (χ2n) is 7.68. The van der Waals surface area contributed by atoms with Crippen LogP contribution in [0.5, 0.6) is 0 Å². The van der Waals surface area contributed by atoms with Gasteiger partial charge in [0, 0.05) is 32.2 Å². The Morgan fingerprint density at radius 3 is 2.77 bits per heavy atom. The van der Waals surface area contributed by atoms with Crippen molar-refractivity contribution in [3.05, 3.63) is 29.8 Å². The van der Waals surface area contributed by atoms with Crippen molar-refractivity contribution in [1.82, 2.24) is 10.2 Å². The molecule has 0 radical (unpaired) electrons. The van der Waals surface area contributed by atoms with E-state index in [-0.39, 0.29) is 5.91 Å². The van der Waals surface area contributed by atoms with Crippen molar-refractivity contribution < 1.29 is 4.79 Å². The zero-order chi connectivity index (χ0) is 18.4. The number of amides is 1. The van der Waals surface area contributed by atoms with Crippen molar-refractivity contribution in [3.8, 4) is 6.07 Å². The summed E-state index contributed by atoms with van der Waals surface area (Å²) in [7, 11) is 0. The van der Waals surface area contributed by atoms with Gasteiger partial charge in [0.15, 0.2) is 0 Å². The third-order valence-corrected chi connectivity index (χ3v) is 5.78. The predicted molar refractivity (Wildman–Crippen MR) is 104 cm³/mol. The number of hydrogen-bond acceptors (Lipinski definition) is 4. The van der Waals surface area contributed by atoms with Crippen LogP contribution in [0.1, 0.15) is 44.6 Å². The van der Waals surface area contributed by atoms with Crippen LogP contribution < -0.4 is 10.2 Å². The van der Waals surface area contributed by atoms with Crippen molar-refractivity contribution >= 4 is 11.6 Å². The number of carbonyl (C=O) groups excluding carboxylic acids is 1. The van der Waals surface area contributed by atoms with Gasteiger partial charge in [-0.15, -0.1) is 0 Å². The van der Waals surface area contributed by atoms with E-state index in [4.69, 9.17) is 0 Å². The quantitative estimate of drug-likeness (QED) is 0.903. The van der Waals surface area contributed by atoms with Gasteiger partial charge in [0.25, 0.3) is 0 Å². The zero-order valence-corrected chi connectivity index (χ0v) is 15.8. The largest absolute Gasteiger partial charge is 0.369 e. The Kier molecular flexibility index (Phi) is 6.51. The van der Waals surface area contributed by atoms with Crippen LogP contribution in [-0.2, 0) is 4.79 Å². The van der Waals surface area contributed by atoms with E-state index in [9.17, 15) is 10.1 Å². The van der Waals surface area contributed by atoms with Crippen LogP contribution in [0.25, 0.3) is 0 Å². The molecule has 2 aliphatic rings. The fourth-order valence-electron chi connectivity index (χ4n) is 4.20. The molecule has 2 fully saturated rings. The van der Waals surface area contributed by atoms with Crippen LogP contribution in [0, 0.1) is 17.2 Å². The number of nitrogens with zero attached hydrogens (tertiary/aromatic N) is 3. The molecule has 1 saturated heterocycles. The van der Waals surface area contributed by atoms with Gasteiger partial charge in [-0.2, -0.15) is 5.26 Å². The summed E-state index contributed by atoms with van der Waals surface area (Å²) in [6.07, 6.45) is 5.87. The standard InChI is InChI=1S/C21H30N4O/c1-17-7-2-4-9-19(17)23-21(26)16-24-11-6-12-25(14-13-24)20-10-5-3-8-18(20)15-22/h3,5,8,10,17,19H,2,4,6-7,9,11-14,16H2,1H3,(H,23,26)/t17-,19-/m1/s1. The fourth-order valence-corrected chi connectivity index (χ4v) is 4.20. The highest BCUT2D eigenvalue weighted by Crippen LogP contribution is 2.24. The molecule has 1 aromatic rings. The topological polar surface area (TPSA) is 59.4 Å². The van der Waals surface area contributed by atoms with Crippen molar-refractivity contribution in [1.29, 1.82) is 5.26 Å². The van der Waals surface area contributed by atoms with Crippen LogP contribution in [0.2, 0.25) is 0 Å². The first-order chi connectivity index (χ1) is 12.7. The van der Waals surface area contributed by atoms with Gasteiger partial charge in [-0.25, -0.2) is 0 Å². The van der Waals surface area contributed by atoms with Crippen molar-refractivity contribution in [2.45, 2.75) is 45.1 Å². The third kappa shape index (κ3) is 4.76. The average Bonchev–Trinajstić information content (AvgIpc) is 2.89. The van der Waals surface area contributed by atoms with Gasteiger partial charge in [-0.05, 0) is 37.3 Å². The Morgan fingerprint density at radius 1 is 1.15 bits per heavy atom. The molecule has 1 aromatic carbocycles. The monoisotopic (exact) mass is 354 g/mol. The Morgan fingerprint density at radius 2 is 1.96 bits per heavy atom. The molecule has 0 spiro atoms. The molecule has 0 bridgehead atoms. The van der Waals surface area contributed by atoms with E-state index in [1.807, 2.05) is 24.3 Å². The van der Waals surface area contributed by atoms with Gasteiger partial charge in [0.1, 0.15) is 6.07 Å². The first-order valence-corrected chi connectivity index (χ1v) is 9.93. The summed E-state index contributed by atoms with van der Waals surface area (Å²) < 4.78 is 0. The number of anilines is 1. The second kappa shape index (κ2) is 9.05. The van der Waals surface area contributed by atoms with E-state index in [2.05, 4.69) is 28.1 Å². The number of nitrogens with one attached hydrogen (secondary N) is 1. The number of carbonyl (C=O) groups is 1. The highest BCUT2D eigenvalue weighted by Gasteiger charge is 2.24. The molecule has 1 aliphatic carbocycles. The third-order valence-electron chi connectivity index (χ3n) is 5.78. The van der Waals surface area contributed by atoms with Gasteiger partial charge in [-0.1, -0.05) is 31.9 Å². The van der Waals surface area contributed by atoms with Crippen molar-refractivity contribution in [2.24, 2.45) is 5.92 Å². The average molecular weight is 354 g/mol. The predicted octanol–water partition coefficient (Wildman–Crippen LogP) is 2.77. The normalized spacial score (nSPS) is 24.5. The summed E-state index contributed by atoms with van der Waals surface area (Å²) in [5.74, 6) is 0.754. The smallest absolute Gasteiger partial charge is 0.234 e. The molecular formula is C21H30N4O. The van der Waals surface area contributed by atoms with E-state index < -0.39 is 0 Å². The van der Waals surface area contributed by atoms with E-state index in [1.54, 1.807) is 0 Å². The number of hydrogen-bond donors (Lipinski definition) is 1. The van der Waals surface area contributed by atoms with Crippen LogP contribution >= 0.6 is 0 Å². The lowest BCUT2D eigenvalue weighted by Crippen LogP contribution is -2.46. The first kappa shape index (κ1) is 18.7. The summed E-state index contributed by atoms with van der Waals surface area (Å²) >= 11 is 0. The molecule has 0 unspecified atom stereocenters. The molecule has 3 rings (SSSR count). The Balaban J connectivity index is 1.52. The molecule has 5 heteroatoms. The summed E-state index contributed by atoms with van der Waals surface area (Å²) in [6, 6.07) is 10.4. The summed E-state index contributed by atoms with van der Waals surface area (Å²) in [5.41, 5.74) is 1.74. The molecule has 1 N–H and O–H groups in total. The lowest BCUT2D eigenvalue weighted by Gasteiger charge is -2.30.